The molecule has 0 heterocycles. The lowest BCUT2D eigenvalue weighted by Gasteiger charge is -1.97. The van der Waals surface area contributed by atoms with Crippen LogP contribution in [0.25, 0.3) is 6.08 Å². The van der Waals surface area contributed by atoms with E-state index in [0.717, 1.165) is 6.07 Å². The van der Waals surface area contributed by atoms with Crippen molar-refractivity contribution < 1.29 is 18.3 Å². The zero-order chi connectivity index (χ0) is 10.4. The number of ether oxygens (including phenoxy) is 1. The molecule has 0 spiro atoms. The van der Waals surface area contributed by atoms with E-state index in [2.05, 4.69) is 4.74 Å². The summed E-state index contributed by atoms with van der Waals surface area (Å²) in [5.74, 6) is -1.81. The first-order valence-electron chi connectivity index (χ1n) is 3.91. The molecule has 14 heavy (non-hydrogen) atoms. The molecule has 0 saturated heterocycles. The number of halogens is 2. The van der Waals surface area contributed by atoms with Crippen LogP contribution >= 0.6 is 0 Å². The second-order valence-electron chi connectivity index (χ2n) is 2.47. The quantitative estimate of drug-likeness (QED) is 0.547. The maximum Gasteiger partial charge on any atom is 0.293 e. The molecule has 1 rings (SSSR count). The van der Waals surface area contributed by atoms with E-state index in [0.29, 0.717) is 0 Å². The standard InChI is InChI=1S/C10H8F2O2/c11-9-5-1-3-8(10(9)12)4-2-6-14-7-13/h1-5,7H,6H2/b4-2+. The van der Waals surface area contributed by atoms with E-state index in [1.54, 1.807) is 0 Å². The topological polar surface area (TPSA) is 26.3 Å². The van der Waals surface area contributed by atoms with Crippen LogP contribution in [0, 0.1) is 11.6 Å². The van der Waals surface area contributed by atoms with Crippen molar-refractivity contribution >= 4 is 12.5 Å². The van der Waals surface area contributed by atoms with Gasteiger partial charge in [-0.3, -0.25) is 4.79 Å². The first-order valence-corrected chi connectivity index (χ1v) is 3.91. The number of hydrogen-bond donors (Lipinski definition) is 0. The highest BCUT2D eigenvalue weighted by atomic mass is 19.2. The SMILES string of the molecule is O=COC/C=C/c1cccc(F)c1F. The van der Waals surface area contributed by atoms with Crippen LogP contribution in [0.4, 0.5) is 8.78 Å². The van der Waals surface area contributed by atoms with E-state index in [-0.39, 0.29) is 18.6 Å². The monoisotopic (exact) mass is 198 g/mol. The predicted octanol–water partition coefficient (Wildman–Crippen LogP) is 2.15. The van der Waals surface area contributed by atoms with Gasteiger partial charge in [0.2, 0.25) is 0 Å². The molecule has 0 aliphatic rings. The van der Waals surface area contributed by atoms with Crippen molar-refractivity contribution in [3.8, 4) is 0 Å². The summed E-state index contributed by atoms with van der Waals surface area (Å²) in [6.45, 7) is 0.325. The molecular weight excluding hydrogens is 190 g/mol. The van der Waals surface area contributed by atoms with Gasteiger partial charge in [-0.25, -0.2) is 8.78 Å². The molecule has 0 fully saturated rings. The molecule has 0 aliphatic carbocycles. The highest BCUT2D eigenvalue weighted by Gasteiger charge is 2.03. The molecule has 0 atom stereocenters. The van der Waals surface area contributed by atoms with Crippen LogP contribution in [0.5, 0.6) is 0 Å². The number of carbonyl (C=O) groups is 1. The van der Waals surface area contributed by atoms with Gasteiger partial charge in [-0.05, 0) is 12.1 Å². The average molecular weight is 198 g/mol. The predicted molar refractivity (Wildman–Crippen MR) is 47.4 cm³/mol. The van der Waals surface area contributed by atoms with Gasteiger partial charge in [0.25, 0.3) is 6.47 Å². The maximum absolute atomic E-state index is 13.0. The summed E-state index contributed by atoms with van der Waals surface area (Å²) in [5.41, 5.74) is 0.125. The van der Waals surface area contributed by atoms with Gasteiger partial charge >= 0.3 is 0 Å². The maximum atomic E-state index is 13.0. The van der Waals surface area contributed by atoms with E-state index in [4.69, 9.17) is 0 Å². The molecule has 0 radical (unpaired) electrons. The van der Waals surface area contributed by atoms with Crippen LogP contribution in [0.3, 0.4) is 0 Å². The molecule has 0 bridgehead atoms. The van der Waals surface area contributed by atoms with Crippen LogP contribution in [-0.4, -0.2) is 13.1 Å². The third kappa shape index (κ3) is 2.65. The van der Waals surface area contributed by atoms with Crippen LogP contribution in [0.1, 0.15) is 5.56 Å². The zero-order valence-corrected chi connectivity index (χ0v) is 7.24. The van der Waals surface area contributed by atoms with Crippen molar-refractivity contribution in [3.63, 3.8) is 0 Å². The first-order chi connectivity index (χ1) is 6.75. The minimum absolute atomic E-state index is 0.0411. The summed E-state index contributed by atoms with van der Waals surface area (Å²) >= 11 is 0. The van der Waals surface area contributed by atoms with Gasteiger partial charge in [0, 0.05) is 5.56 Å². The van der Waals surface area contributed by atoms with Gasteiger partial charge in [-0.2, -0.15) is 0 Å². The lowest BCUT2D eigenvalue weighted by molar-refractivity contribution is -0.127. The van der Waals surface area contributed by atoms with E-state index < -0.39 is 11.6 Å². The summed E-state index contributed by atoms with van der Waals surface area (Å²) in [4.78, 5) is 9.75. The summed E-state index contributed by atoms with van der Waals surface area (Å²) in [7, 11) is 0. The van der Waals surface area contributed by atoms with Gasteiger partial charge in [-0.1, -0.05) is 18.2 Å². The van der Waals surface area contributed by atoms with Gasteiger partial charge in [0.15, 0.2) is 11.6 Å². The molecular formula is C10H8F2O2. The first kappa shape index (κ1) is 10.4. The van der Waals surface area contributed by atoms with Gasteiger partial charge < -0.3 is 4.74 Å². The molecule has 0 aromatic heterocycles. The molecule has 74 valence electrons. The zero-order valence-electron chi connectivity index (χ0n) is 7.24. The highest BCUT2D eigenvalue weighted by molar-refractivity contribution is 5.50. The third-order valence-electron chi connectivity index (χ3n) is 1.54. The fraction of sp³-hybridized carbons (Fsp3) is 0.100. The Morgan fingerprint density at radius 2 is 2.14 bits per heavy atom. The van der Waals surface area contributed by atoms with Crippen molar-refractivity contribution in [1.82, 2.24) is 0 Å². The van der Waals surface area contributed by atoms with E-state index >= 15 is 0 Å². The number of hydrogen-bond acceptors (Lipinski definition) is 2. The molecule has 2 nitrogen and oxygen atoms in total. The molecule has 4 heteroatoms. The second-order valence-corrected chi connectivity index (χ2v) is 2.47. The normalized spacial score (nSPS) is 10.4. The summed E-state index contributed by atoms with van der Waals surface area (Å²) < 4.78 is 30.0. The van der Waals surface area contributed by atoms with E-state index in [9.17, 15) is 13.6 Å². The smallest absolute Gasteiger partial charge is 0.293 e. The minimum atomic E-state index is -0.908. The highest BCUT2D eigenvalue weighted by Crippen LogP contribution is 2.12. The van der Waals surface area contributed by atoms with E-state index in [1.807, 2.05) is 0 Å². The minimum Gasteiger partial charge on any atom is -0.464 e. The molecule has 0 saturated carbocycles. The Morgan fingerprint density at radius 1 is 1.36 bits per heavy atom. The Bertz CT molecular complexity index is 348. The molecule has 0 unspecified atom stereocenters. The number of carbonyl (C=O) groups excluding carboxylic acids is 1. The lowest BCUT2D eigenvalue weighted by atomic mass is 10.2. The van der Waals surface area contributed by atoms with Crippen LogP contribution < -0.4 is 0 Å². The van der Waals surface area contributed by atoms with Crippen molar-refractivity contribution in [2.45, 2.75) is 0 Å². The molecule has 1 aromatic carbocycles. The molecule has 1 aromatic rings. The number of rotatable bonds is 4. The summed E-state index contributed by atoms with van der Waals surface area (Å²) in [6, 6.07) is 3.86. The second kappa shape index (κ2) is 5.11. The van der Waals surface area contributed by atoms with Crippen molar-refractivity contribution in [2.75, 3.05) is 6.61 Å². The van der Waals surface area contributed by atoms with Crippen molar-refractivity contribution in [1.29, 1.82) is 0 Å². The van der Waals surface area contributed by atoms with Gasteiger partial charge in [0.05, 0.1) is 0 Å². The van der Waals surface area contributed by atoms with Crippen molar-refractivity contribution in [3.05, 3.63) is 41.5 Å². The largest absolute Gasteiger partial charge is 0.464 e. The summed E-state index contributed by atoms with van der Waals surface area (Å²) in [6.07, 6.45) is 2.77. The Morgan fingerprint density at radius 3 is 2.86 bits per heavy atom. The van der Waals surface area contributed by atoms with Crippen molar-refractivity contribution in [2.24, 2.45) is 0 Å². The fourth-order valence-corrected chi connectivity index (χ4v) is 0.919. The van der Waals surface area contributed by atoms with Crippen LogP contribution in [0.15, 0.2) is 24.3 Å². The van der Waals surface area contributed by atoms with E-state index in [1.165, 1.54) is 24.3 Å². The van der Waals surface area contributed by atoms with Gasteiger partial charge in [0.1, 0.15) is 6.61 Å². The van der Waals surface area contributed by atoms with Crippen LogP contribution in [0.2, 0.25) is 0 Å². The average Bonchev–Trinajstić information content (AvgIpc) is 2.19. The summed E-state index contributed by atoms with van der Waals surface area (Å²) in [5, 5.41) is 0. The van der Waals surface area contributed by atoms with Crippen LogP contribution in [-0.2, 0) is 9.53 Å². The molecule has 0 aliphatic heterocycles. The Balaban J connectivity index is 2.71. The van der Waals surface area contributed by atoms with Gasteiger partial charge in [-0.15, -0.1) is 0 Å². The lowest BCUT2D eigenvalue weighted by Crippen LogP contribution is -1.89. The molecule has 0 N–H and O–H groups in total. The third-order valence-corrected chi connectivity index (χ3v) is 1.54. The number of benzene rings is 1. The Labute approximate surface area is 79.8 Å². The Hall–Kier alpha value is -1.71. The Kier molecular flexibility index (Phi) is 3.79. The molecule has 0 amide bonds. The fourth-order valence-electron chi connectivity index (χ4n) is 0.919.